The Labute approximate surface area is 168 Å². The van der Waals surface area contributed by atoms with Gasteiger partial charge in [-0.15, -0.1) is 0 Å². The molecule has 2 aromatic rings. The van der Waals surface area contributed by atoms with Gasteiger partial charge in [0.1, 0.15) is 5.75 Å². The van der Waals surface area contributed by atoms with E-state index in [1.807, 2.05) is 18.2 Å². The summed E-state index contributed by atoms with van der Waals surface area (Å²) in [4.78, 5) is 19.2. The second kappa shape index (κ2) is 10.2. The quantitative estimate of drug-likeness (QED) is 0.247. The van der Waals surface area contributed by atoms with Crippen molar-refractivity contribution in [3.8, 4) is 5.75 Å². The molecule has 9 heteroatoms. The van der Waals surface area contributed by atoms with Crippen LogP contribution in [0.1, 0.15) is 11.1 Å². The zero-order valence-electron chi connectivity index (χ0n) is 16.0. The largest absolute Gasteiger partial charge is 0.507 e. The van der Waals surface area contributed by atoms with Crippen LogP contribution in [-0.4, -0.2) is 59.8 Å². The lowest BCUT2D eigenvalue weighted by Crippen LogP contribution is -2.48. The molecule has 0 atom stereocenters. The molecule has 0 spiro atoms. The Morgan fingerprint density at radius 2 is 1.86 bits per heavy atom. The van der Waals surface area contributed by atoms with Crippen LogP contribution in [0.3, 0.4) is 0 Å². The van der Waals surface area contributed by atoms with Gasteiger partial charge in [0.2, 0.25) is 0 Å². The molecule has 2 aromatic carbocycles. The van der Waals surface area contributed by atoms with Crippen LogP contribution in [0.2, 0.25) is 0 Å². The fourth-order valence-corrected chi connectivity index (χ4v) is 3.11. The minimum absolute atomic E-state index is 0.0811. The normalized spacial score (nSPS) is 15.2. The van der Waals surface area contributed by atoms with Crippen LogP contribution in [0, 0.1) is 0 Å². The first kappa shape index (κ1) is 20.3. The van der Waals surface area contributed by atoms with E-state index in [2.05, 4.69) is 42.5 Å². The van der Waals surface area contributed by atoms with Crippen molar-refractivity contribution in [3.63, 3.8) is 0 Å². The molecule has 0 bridgehead atoms. The summed E-state index contributed by atoms with van der Waals surface area (Å²) in [5.41, 5.74) is 12.9. The molecule has 29 heavy (non-hydrogen) atoms. The van der Waals surface area contributed by atoms with Crippen molar-refractivity contribution in [2.45, 2.75) is 6.54 Å². The Kier molecular flexibility index (Phi) is 7.18. The molecule has 1 fully saturated rings. The van der Waals surface area contributed by atoms with Gasteiger partial charge in [0.15, 0.2) is 0 Å². The van der Waals surface area contributed by atoms with Crippen molar-refractivity contribution in [2.24, 2.45) is 10.2 Å². The van der Waals surface area contributed by atoms with Crippen molar-refractivity contribution in [1.29, 1.82) is 0 Å². The Hall–Kier alpha value is -3.39. The highest BCUT2D eigenvalue weighted by molar-refractivity contribution is 5.86. The number of azide groups is 1. The topological polar surface area (TPSA) is 117 Å². The molecule has 1 heterocycles. The molecular weight excluding hydrogens is 370 g/mol. The van der Waals surface area contributed by atoms with E-state index in [0.29, 0.717) is 11.3 Å². The zero-order chi connectivity index (χ0) is 20.5. The van der Waals surface area contributed by atoms with Crippen LogP contribution in [0.15, 0.2) is 58.7 Å². The van der Waals surface area contributed by atoms with Gasteiger partial charge in [-0.2, -0.15) is 5.10 Å². The Bertz CT molecular complexity index is 902. The molecule has 3 rings (SSSR count). The third-order valence-corrected chi connectivity index (χ3v) is 4.65. The fraction of sp³-hybridized carbons (Fsp3) is 0.300. The van der Waals surface area contributed by atoms with Gasteiger partial charge in [-0.25, -0.2) is 5.43 Å². The smallest absolute Gasteiger partial charge is 0.254 e. The second-order valence-corrected chi connectivity index (χ2v) is 6.76. The van der Waals surface area contributed by atoms with Crippen LogP contribution in [-0.2, 0) is 11.3 Å². The highest BCUT2D eigenvalue weighted by atomic mass is 16.3. The number of carbonyl (C=O) groups excluding carboxylic acids is 1. The number of phenols is 1. The van der Waals surface area contributed by atoms with E-state index < -0.39 is 0 Å². The molecule has 0 radical (unpaired) electrons. The third kappa shape index (κ3) is 6.32. The molecule has 0 aliphatic carbocycles. The molecule has 0 unspecified atom stereocenters. The molecule has 0 saturated carbocycles. The Balaban J connectivity index is 1.41. The molecule has 1 saturated heterocycles. The molecule has 1 aliphatic rings. The average molecular weight is 393 g/mol. The number of phenolic OH excluding ortho intramolecular Hbond substituents is 1. The SMILES string of the molecule is [N-]=[N+]=Nc1ccc(/C=N\NC(=O)CN2CCN(Cc3ccccc3)CC2)c(O)c1. The van der Waals surface area contributed by atoms with Crippen LogP contribution in [0.5, 0.6) is 5.75 Å². The summed E-state index contributed by atoms with van der Waals surface area (Å²) in [6.45, 7) is 4.68. The van der Waals surface area contributed by atoms with E-state index in [1.54, 1.807) is 12.1 Å². The number of hydrogen-bond donors (Lipinski definition) is 2. The third-order valence-electron chi connectivity index (χ3n) is 4.65. The number of hydrazone groups is 1. The Morgan fingerprint density at radius 1 is 1.14 bits per heavy atom. The lowest BCUT2D eigenvalue weighted by Gasteiger charge is -2.34. The molecule has 150 valence electrons. The van der Waals surface area contributed by atoms with E-state index in [1.165, 1.54) is 17.8 Å². The van der Waals surface area contributed by atoms with Gasteiger partial charge >= 0.3 is 0 Å². The number of benzene rings is 2. The van der Waals surface area contributed by atoms with Crippen LogP contribution >= 0.6 is 0 Å². The molecule has 1 aliphatic heterocycles. The van der Waals surface area contributed by atoms with Crippen molar-refractivity contribution >= 4 is 17.8 Å². The van der Waals surface area contributed by atoms with Gasteiger partial charge < -0.3 is 5.11 Å². The fourth-order valence-electron chi connectivity index (χ4n) is 3.11. The zero-order valence-corrected chi connectivity index (χ0v) is 16.0. The average Bonchev–Trinajstić information content (AvgIpc) is 2.72. The number of carbonyl (C=O) groups is 1. The lowest BCUT2D eigenvalue weighted by molar-refractivity contribution is -0.122. The summed E-state index contributed by atoms with van der Waals surface area (Å²) in [6.07, 6.45) is 1.35. The Morgan fingerprint density at radius 3 is 2.55 bits per heavy atom. The number of rotatable bonds is 7. The van der Waals surface area contributed by atoms with Crippen LogP contribution < -0.4 is 5.43 Å². The van der Waals surface area contributed by atoms with Crippen molar-refractivity contribution in [2.75, 3.05) is 32.7 Å². The summed E-state index contributed by atoms with van der Waals surface area (Å²) in [5.74, 6) is -0.287. The summed E-state index contributed by atoms with van der Waals surface area (Å²) >= 11 is 0. The minimum Gasteiger partial charge on any atom is -0.507 e. The summed E-state index contributed by atoms with van der Waals surface area (Å²) < 4.78 is 0. The van der Waals surface area contributed by atoms with Gasteiger partial charge in [-0.05, 0) is 23.2 Å². The maximum Gasteiger partial charge on any atom is 0.254 e. The number of hydrogen-bond acceptors (Lipinski definition) is 6. The predicted molar refractivity (Wildman–Crippen MR) is 111 cm³/mol. The number of piperazine rings is 1. The lowest BCUT2D eigenvalue weighted by atomic mass is 10.2. The summed E-state index contributed by atoms with van der Waals surface area (Å²) in [5, 5.41) is 17.2. The monoisotopic (exact) mass is 393 g/mol. The number of nitrogens with one attached hydrogen (secondary N) is 1. The maximum absolute atomic E-state index is 12.1. The van der Waals surface area contributed by atoms with E-state index in [4.69, 9.17) is 5.53 Å². The van der Waals surface area contributed by atoms with E-state index >= 15 is 0 Å². The highest BCUT2D eigenvalue weighted by Crippen LogP contribution is 2.22. The van der Waals surface area contributed by atoms with Gasteiger partial charge in [0.25, 0.3) is 5.91 Å². The van der Waals surface area contributed by atoms with Gasteiger partial charge in [0.05, 0.1) is 12.8 Å². The molecule has 1 amide bonds. The first-order valence-electron chi connectivity index (χ1n) is 9.33. The molecular formula is C20H23N7O2. The minimum atomic E-state index is -0.206. The summed E-state index contributed by atoms with van der Waals surface area (Å²) in [7, 11) is 0. The van der Waals surface area contributed by atoms with E-state index in [9.17, 15) is 9.90 Å². The second-order valence-electron chi connectivity index (χ2n) is 6.76. The maximum atomic E-state index is 12.1. The molecule has 2 N–H and O–H groups in total. The van der Waals surface area contributed by atoms with E-state index in [-0.39, 0.29) is 18.2 Å². The van der Waals surface area contributed by atoms with E-state index in [0.717, 1.165) is 32.7 Å². The van der Waals surface area contributed by atoms with Crippen LogP contribution in [0.25, 0.3) is 10.4 Å². The van der Waals surface area contributed by atoms with Crippen molar-refractivity contribution < 1.29 is 9.90 Å². The van der Waals surface area contributed by atoms with Crippen molar-refractivity contribution in [1.82, 2.24) is 15.2 Å². The number of amides is 1. The summed E-state index contributed by atoms with van der Waals surface area (Å²) in [6, 6.07) is 14.8. The number of aromatic hydroxyl groups is 1. The van der Waals surface area contributed by atoms with Crippen LogP contribution in [0.4, 0.5) is 5.69 Å². The highest BCUT2D eigenvalue weighted by Gasteiger charge is 2.18. The van der Waals surface area contributed by atoms with Crippen molar-refractivity contribution in [3.05, 3.63) is 70.1 Å². The first-order chi connectivity index (χ1) is 14.1. The first-order valence-corrected chi connectivity index (χ1v) is 9.33. The molecule has 9 nitrogen and oxygen atoms in total. The van der Waals surface area contributed by atoms with Gasteiger partial charge in [-0.1, -0.05) is 41.5 Å². The standard InChI is InChI=1S/C20H23N7O2/c21-25-23-18-7-6-17(19(28)12-18)13-22-24-20(29)15-27-10-8-26(9-11-27)14-16-4-2-1-3-5-16/h1-7,12-13,28H,8-11,14-15H2,(H,24,29)/b22-13-. The molecule has 0 aromatic heterocycles. The predicted octanol–water partition coefficient (Wildman–Crippen LogP) is 2.60. The van der Waals surface area contributed by atoms with Gasteiger partial charge in [-0.3, -0.25) is 14.6 Å². The number of nitrogens with zero attached hydrogens (tertiary/aromatic N) is 6. The van der Waals surface area contributed by atoms with Gasteiger partial charge in [0, 0.05) is 48.9 Å².